The Balaban J connectivity index is 2.13. The van der Waals surface area contributed by atoms with Crippen LogP contribution in [0.5, 0.6) is 0 Å². The van der Waals surface area contributed by atoms with Crippen LogP contribution < -0.4 is 16.0 Å². The predicted molar refractivity (Wildman–Crippen MR) is 66.5 cm³/mol. The molecule has 2 amide bonds. The highest BCUT2D eigenvalue weighted by Crippen LogP contribution is 2.18. The van der Waals surface area contributed by atoms with Crippen LogP contribution >= 0.6 is 0 Å². The van der Waals surface area contributed by atoms with Gasteiger partial charge in [0.05, 0.1) is 0 Å². The summed E-state index contributed by atoms with van der Waals surface area (Å²) in [6, 6.07) is 0.269. The fourth-order valence-corrected chi connectivity index (χ4v) is 1.41. The van der Waals surface area contributed by atoms with E-state index in [-0.39, 0.29) is 11.8 Å². The van der Waals surface area contributed by atoms with Crippen LogP contribution in [0.2, 0.25) is 0 Å². The van der Waals surface area contributed by atoms with Gasteiger partial charge < -0.3 is 16.0 Å². The van der Waals surface area contributed by atoms with Crippen LogP contribution in [0.3, 0.4) is 0 Å². The summed E-state index contributed by atoms with van der Waals surface area (Å²) < 4.78 is 0. The van der Waals surface area contributed by atoms with Gasteiger partial charge in [-0.1, -0.05) is 13.8 Å². The van der Waals surface area contributed by atoms with Gasteiger partial charge in [-0.15, -0.1) is 0 Å². The molecular weight excluding hydrogens is 218 g/mol. The van der Waals surface area contributed by atoms with E-state index >= 15 is 0 Å². The molecule has 0 aromatic rings. The molecule has 1 unspecified atom stereocenters. The van der Waals surface area contributed by atoms with E-state index < -0.39 is 6.04 Å². The van der Waals surface area contributed by atoms with E-state index in [0.29, 0.717) is 25.0 Å². The zero-order valence-corrected chi connectivity index (χ0v) is 10.9. The first-order valence-electron chi connectivity index (χ1n) is 6.32. The van der Waals surface area contributed by atoms with Crippen molar-refractivity contribution in [2.24, 2.45) is 0 Å². The van der Waals surface area contributed by atoms with E-state index in [1.807, 2.05) is 13.8 Å². The molecule has 17 heavy (non-hydrogen) atoms. The topological polar surface area (TPSA) is 70.2 Å². The number of rotatable bonds is 7. The van der Waals surface area contributed by atoms with Crippen molar-refractivity contribution in [1.29, 1.82) is 0 Å². The standard InChI is InChI=1S/C12H23N3O2/c1-8(2)13-7-6-11(16)14-9(3)12(17)15-10-4-5-10/h8-10,13H,4-7H2,1-3H3,(H,14,16)(H,15,17). The van der Waals surface area contributed by atoms with Crippen molar-refractivity contribution in [2.75, 3.05) is 6.54 Å². The summed E-state index contributed by atoms with van der Waals surface area (Å²) in [5.74, 6) is -0.172. The zero-order valence-electron chi connectivity index (χ0n) is 10.9. The fraction of sp³-hybridized carbons (Fsp3) is 0.833. The first-order valence-corrected chi connectivity index (χ1v) is 6.32. The maximum atomic E-state index is 11.6. The predicted octanol–water partition coefficient (Wildman–Crippen LogP) is 0.158. The maximum absolute atomic E-state index is 11.6. The molecule has 3 N–H and O–H groups in total. The average Bonchev–Trinajstić information content (AvgIpc) is 3.00. The van der Waals surface area contributed by atoms with E-state index in [1.54, 1.807) is 6.92 Å². The molecule has 1 aliphatic carbocycles. The first kappa shape index (κ1) is 14.0. The second-order valence-electron chi connectivity index (χ2n) is 4.93. The summed E-state index contributed by atoms with van der Waals surface area (Å²) in [4.78, 5) is 23.1. The summed E-state index contributed by atoms with van der Waals surface area (Å²) in [6.45, 7) is 6.42. The molecule has 1 fully saturated rings. The number of amides is 2. The molecule has 1 rings (SSSR count). The third kappa shape index (κ3) is 6.26. The van der Waals surface area contributed by atoms with Crippen LogP contribution in [0.15, 0.2) is 0 Å². The molecule has 0 spiro atoms. The molecule has 1 saturated carbocycles. The van der Waals surface area contributed by atoms with Crippen molar-refractivity contribution in [2.45, 2.75) is 58.2 Å². The maximum Gasteiger partial charge on any atom is 0.242 e. The minimum absolute atomic E-state index is 0.0855. The SMILES string of the molecule is CC(C)NCCC(=O)NC(C)C(=O)NC1CC1. The highest BCUT2D eigenvalue weighted by Gasteiger charge is 2.25. The second-order valence-corrected chi connectivity index (χ2v) is 4.93. The number of hydrogen-bond donors (Lipinski definition) is 3. The summed E-state index contributed by atoms with van der Waals surface area (Å²) in [5, 5.41) is 8.72. The van der Waals surface area contributed by atoms with Crippen molar-refractivity contribution >= 4 is 11.8 Å². The molecule has 5 nitrogen and oxygen atoms in total. The summed E-state index contributed by atoms with van der Waals surface area (Å²) >= 11 is 0. The van der Waals surface area contributed by atoms with Gasteiger partial charge in [0.2, 0.25) is 11.8 Å². The van der Waals surface area contributed by atoms with E-state index in [1.165, 1.54) is 0 Å². The molecule has 0 aromatic carbocycles. The minimum atomic E-state index is -0.442. The van der Waals surface area contributed by atoms with Crippen molar-refractivity contribution < 1.29 is 9.59 Å². The van der Waals surface area contributed by atoms with Crippen molar-refractivity contribution in [1.82, 2.24) is 16.0 Å². The first-order chi connectivity index (χ1) is 7.99. The summed E-state index contributed by atoms with van der Waals surface area (Å²) in [7, 11) is 0. The third-order valence-corrected chi connectivity index (χ3v) is 2.60. The summed E-state index contributed by atoms with van der Waals surface area (Å²) in [5.41, 5.74) is 0. The van der Waals surface area contributed by atoms with Gasteiger partial charge in [-0.2, -0.15) is 0 Å². The Kier molecular flexibility index (Phi) is 5.41. The molecular formula is C12H23N3O2. The van der Waals surface area contributed by atoms with E-state index in [4.69, 9.17) is 0 Å². The molecule has 0 aliphatic heterocycles. The van der Waals surface area contributed by atoms with Gasteiger partial charge >= 0.3 is 0 Å². The lowest BCUT2D eigenvalue weighted by Gasteiger charge is -2.14. The van der Waals surface area contributed by atoms with Crippen LogP contribution in [-0.2, 0) is 9.59 Å². The number of nitrogens with one attached hydrogen (secondary N) is 3. The van der Waals surface area contributed by atoms with Crippen molar-refractivity contribution in [3.05, 3.63) is 0 Å². The summed E-state index contributed by atoms with van der Waals surface area (Å²) in [6.07, 6.45) is 2.52. The van der Waals surface area contributed by atoms with Crippen LogP contribution in [0.25, 0.3) is 0 Å². The molecule has 0 radical (unpaired) electrons. The fourth-order valence-electron chi connectivity index (χ4n) is 1.41. The minimum Gasteiger partial charge on any atom is -0.352 e. The lowest BCUT2D eigenvalue weighted by atomic mass is 10.2. The molecule has 0 aromatic heterocycles. The largest absolute Gasteiger partial charge is 0.352 e. The highest BCUT2D eigenvalue weighted by molar-refractivity contribution is 5.87. The average molecular weight is 241 g/mol. The normalized spacial score (nSPS) is 16.7. The van der Waals surface area contributed by atoms with Gasteiger partial charge in [0, 0.05) is 25.0 Å². The van der Waals surface area contributed by atoms with Gasteiger partial charge in [0.1, 0.15) is 6.04 Å². The number of carbonyl (C=O) groups excluding carboxylic acids is 2. The Hall–Kier alpha value is -1.10. The lowest BCUT2D eigenvalue weighted by Crippen LogP contribution is -2.46. The molecule has 1 atom stereocenters. The van der Waals surface area contributed by atoms with E-state index in [2.05, 4.69) is 16.0 Å². The van der Waals surface area contributed by atoms with Gasteiger partial charge in [-0.3, -0.25) is 9.59 Å². The van der Waals surface area contributed by atoms with Gasteiger partial charge in [-0.05, 0) is 19.8 Å². The third-order valence-electron chi connectivity index (χ3n) is 2.60. The second kappa shape index (κ2) is 6.59. The van der Waals surface area contributed by atoms with Crippen LogP contribution in [-0.4, -0.2) is 36.5 Å². The number of carbonyl (C=O) groups is 2. The van der Waals surface area contributed by atoms with Gasteiger partial charge in [0.15, 0.2) is 0 Å². The highest BCUT2D eigenvalue weighted by atomic mass is 16.2. The Bertz CT molecular complexity index is 275. The van der Waals surface area contributed by atoms with E-state index in [0.717, 1.165) is 12.8 Å². The van der Waals surface area contributed by atoms with E-state index in [9.17, 15) is 9.59 Å². The van der Waals surface area contributed by atoms with Crippen LogP contribution in [0, 0.1) is 0 Å². The molecule has 0 heterocycles. The van der Waals surface area contributed by atoms with Crippen LogP contribution in [0.1, 0.15) is 40.0 Å². The Morgan fingerprint density at radius 3 is 2.41 bits per heavy atom. The molecule has 0 bridgehead atoms. The quantitative estimate of drug-likeness (QED) is 0.594. The van der Waals surface area contributed by atoms with Crippen molar-refractivity contribution in [3.8, 4) is 0 Å². The van der Waals surface area contributed by atoms with Crippen molar-refractivity contribution in [3.63, 3.8) is 0 Å². The molecule has 0 saturated heterocycles. The Morgan fingerprint density at radius 1 is 1.24 bits per heavy atom. The molecule has 1 aliphatic rings. The zero-order chi connectivity index (χ0) is 12.8. The Morgan fingerprint density at radius 2 is 1.88 bits per heavy atom. The number of hydrogen-bond acceptors (Lipinski definition) is 3. The lowest BCUT2D eigenvalue weighted by molar-refractivity contribution is -0.128. The van der Waals surface area contributed by atoms with Gasteiger partial charge in [0.25, 0.3) is 0 Å². The monoisotopic (exact) mass is 241 g/mol. The molecule has 98 valence electrons. The van der Waals surface area contributed by atoms with Gasteiger partial charge in [-0.25, -0.2) is 0 Å². The smallest absolute Gasteiger partial charge is 0.242 e. The van der Waals surface area contributed by atoms with Crippen LogP contribution in [0.4, 0.5) is 0 Å². The Labute approximate surface area is 103 Å². The molecule has 5 heteroatoms.